The van der Waals surface area contributed by atoms with Crippen molar-refractivity contribution < 1.29 is 8.42 Å². The Hall–Kier alpha value is -0.180. The zero-order valence-corrected chi connectivity index (χ0v) is 14.6. The molecule has 2 rings (SSSR count). The number of hydrogen-bond donors (Lipinski definition) is 0. The lowest BCUT2D eigenvalue weighted by Gasteiger charge is -2.41. The van der Waals surface area contributed by atoms with Gasteiger partial charge in [0.2, 0.25) is 14.2 Å². The lowest BCUT2D eigenvalue weighted by molar-refractivity contribution is 0.233. The molecule has 0 aromatic carbocycles. The molecule has 1 saturated heterocycles. The van der Waals surface area contributed by atoms with E-state index in [0.29, 0.717) is 11.3 Å². The van der Waals surface area contributed by atoms with E-state index in [9.17, 15) is 8.42 Å². The molecule has 1 aliphatic heterocycles. The Morgan fingerprint density at radius 1 is 1.30 bits per heavy atom. The van der Waals surface area contributed by atoms with Gasteiger partial charge in [0.15, 0.2) is 0 Å². The van der Waals surface area contributed by atoms with E-state index >= 15 is 0 Å². The first kappa shape index (κ1) is 16.2. The lowest BCUT2D eigenvalue weighted by atomic mass is 10.0. The number of aromatic nitrogens is 2. The molecule has 0 saturated carbocycles. The van der Waals surface area contributed by atoms with Crippen LogP contribution in [0, 0.1) is 0 Å². The summed E-state index contributed by atoms with van der Waals surface area (Å²) in [4.78, 5) is 2.37. The highest BCUT2D eigenvalue weighted by Gasteiger charge is 2.33. The van der Waals surface area contributed by atoms with E-state index in [1.165, 1.54) is 17.6 Å². The van der Waals surface area contributed by atoms with E-state index in [1.54, 1.807) is 0 Å². The second-order valence-electron chi connectivity index (χ2n) is 5.18. The van der Waals surface area contributed by atoms with Crippen molar-refractivity contribution in [2.24, 2.45) is 0 Å². The van der Waals surface area contributed by atoms with Gasteiger partial charge in [-0.1, -0.05) is 25.2 Å². The van der Waals surface area contributed by atoms with Crippen molar-refractivity contribution in [1.82, 2.24) is 15.1 Å². The van der Waals surface area contributed by atoms with Crippen LogP contribution in [0.3, 0.4) is 0 Å². The summed E-state index contributed by atoms with van der Waals surface area (Å²) >= 11 is 3.25. The Morgan fingerprint density at radius 2 is 2.00 bits per heavy atom. The van der Waals surface area contributed by atoms with Crippen LogP contribution >= 0.6 is 23.1 Å². The minimum atomic E-state index is -3.23. The molecular weight excluding hydrogens is 314 g/mol. The van der Waals surface area contributed by atoms with Gasteiger partial charge in [0.1, 0.15) is 5.01 Å². The summed E-state index contributed by atoms with van der Waals surface area (Å²) in [5.74, 6) is 1.12. The van der Waals surface area contributed by atoms with Crippen LogP contribution in [0.1, 0.15) is 31.7 Å². The average Bonchev–Trinajstić information content (AvgIpc) is 2.87. The highest BCUT2D eigenvalue weighted by atomic mass is 32.2. The fourth-order valence-electron chi connectivity index (χ4n) is 2.38. The normalized spacial score (nSPS) is 20.1. The minimum absolute atomic E-state index is 0.121. The predicted octanol–water partition coefficient (Wildman–Crippen LogP) is 2.05. The molecule has 1 aliphatic rings. The van der Waals surface area contributed by atoms with E-state index in [0.717, 1.165) is 36.7 Å². The van der Waals surface area contributed by atoms with Crippen LogP contribution in [0.2, 0.25) is 0 Å². The summed E-state index contributed by atoms with van der Waals surface area (Å²) in [5.41, 5.74) is 0. The maximum absolute atomic E-state index is 11.4. The van der Waals surface area contributed by atoms with E-state index in [1.807, 2.05) is 0 Å². The van der Waals surface area contributed by atoms with Crippen LogP contribution in [0.15, 0.2) is 4.34 Å². The number of nitrogens with zero attached hydrogens (tertiary/aromatic N) is 3. The Kier molecular flexibility index (Phi) is 5.09. The highest BCUT2D eigenvalue weighted by molar-refractivity contribution is 8.00. The van der Waals surface area contributed by atoms with Crippen molar-refractivity contribution in [3.05, 3.63) is 5.01 Å². The molecule has 114 valence electrons. The summed E-state index contributed by atoms with van der Waals surface area (Å²) in [6.45, 7) is 7.26. The summed E-state index contributed by atoms with van der Waals surface area (Å²) in [5, 5.41) is 8.59. The smallest absolute Gasteiger partial charge is 0.232 e. The highest BCUT2D eigenvalue weighted by Crippen LogP contribution is 2.37. The van der Waals surface area contributed by atoms with Crippen molar-refractivity contribution in [1.29, 1.82) is 0 Å². The zero-order valence-electron chi connectivity index (χ0n) is 12.1. The monoisotopic (exact) mass is 335 g/mol. The van der Waals surface area contributed by atoms with Crippen LogP contribution in [0.4, 0.5) is 0 Å². The van der Waals surface area contributed by atoms with Crippen LogP contribution in [0.25, 0.3) is 0 Å². The number of thioether (sulfide) groups is 1. The zero-order chi connectivity index (χ0) is 14.8. The molecule has 0 aliphatic carbocycles. The fourth-order valence-corrected chi connectivity index (χ4v) is 5.54. The Morgan fingerprint density at radius 3 is 2.55 bits per heavy atom. The average molecular weight is 336 g/mol. The summed E-state index contributed by atoms with van der Waals surface area (Å²) in [6, 6.07) is 0. The first-order valence-corrected chi connectivity index (χ1v) is 10.5. The third kappa shape index (κ3) is 3.72. The largest absolute Gasteiger partial charge is 0.294 e. The quantitative estimate of drug-likeness (QED) is 0.820. The second-order valence-corrected chi connectivity index (χ2v) is 10.00. The molecule has 2 heterocycles. The van der Waals surface area contributed by atoms with Crippen LogP contribution in [0.5, 0.6) is 0 Å². The van der Waals surface area contributed by atoms with E-state index in [-0.39, 0.29) is 4.34 Å². The van der Waals surface area contributed by atoms with Gasteiger partial charge in [-0.15, -0.1) is 10.2 Å². The molecule has 20 heavy (non-hydrogen) atoms. The number of hydrogen-bond acceptors (Lipinski definition) is 7. The van der Waals surface area contributed by atoms with Gasteiger partial charge in [-0.3, -0.25) is 4.90 Å². The summed E-state index contributed by atoms with van der Waals surface area (Å²) in [7, 11) is -3.23. The standard InChI is InChI=1S/C12H21N3O2S3/c1-4-12(5-2)9-15(6-7-18-12)8-10-13-14-11(19-10)20(3,16)17/h4-9H2,1-3H3. The molecule has 8 heteroatoms. The summed E-state index contributed by atoms with van der Waals surface area (Å²) in [6.07, 6.45) is 3.50. The van der Waals surface area contributed by atoms with Gasteiger partial charge in [0.05, 0.1) is 6.54 Å². The topological polar surface area (TPSA) is 63.2 Å². The second kappa shape index (κ2) is 6.29. The first-order chi connectivity index (χ1) is 9.38. The first-order valence-electron chi connectivity index (χ1n) is 6.77. The molecule has 0 bridgehead atoms. The maximum Gasteiger partial charge on any atom is 0.232 e. The Balaban J connectivity index is 2.05. The van der Waals surface area contributed by atoms with Gasteiger partial charge in [-0.05, 0) is 12.8 Å². The van der Waals surface area contributed by atoms with Crippen molar-refractivity contribution in [2.45, 2.75) is 42.3 Å². The number of sulfone groups is 1. The van der Waals surface area contributed by atoms with E-state index in [4.69, 9.17) is 0 Å². The van der Waals surface area contributed by atoms with Crippen molar-refractivity contribution >= 4 is 32.9 Å². The van der Waals surface area contributed by atoms with Gasteiger partial charge in [-0.2, -0.15) is 11.8 Å². The van der Waals surface area contributed by atoms with Crippen LogP contribution in [-0.2, 0) is 16.4 Å². The van der Waals surface area contributed by atoms with E-state index in [2.05, 4.69) is 40.7 Å². The van der Waals surface area contributed by atoms with E-state index < -0.39 is 9.84 Å². The molecule has 0 unspecified atom stereocenters. The Bertz CT molecular complexity index is 552. The third-order valence-electron chi connectivity index (χ3n) is 3.74. The molecule has 5 nitrogen and oxygen atoms in total. The molecule has 1 aromatic heterocycles. The molecule has 0 radical (unpaired) electrons. The molecule has 0 N–H and O–H groups in total. The molecule has 1 aromatic rings. The van der Waals surface area contributed by atoms with Crippen molar-refractivity contribution in [3.8, 4) is 0 Å². The molecule has 0 spiro atoms. The van der Waals surface area contributed by atoms with Crippen LogP contribution in [-0.4, -0.2) is 53.4 Å². The molecule has 0 amide bonds. The van der Waals surface area contributed by atoms with Gasteiger partial charge in [0.25, 0.3) is 0 Å². The third-order valence-corrected chi connectivity index (χ3v) is 8.02. The Labute approximate surface area is 129 Å². The van der Waals surface area contributed by atoms with Crippen molar-refractivity contribution in [2.75, 3.05) is 25.1 Å². The number of rotatable bonds is 5. The van der Waals surface area contributed by atoms with Crippen molar-refractivity contribution in [3.63, 3.8) is 0 Å². The van der Waals surface area contributed by atoms with Gasteiger partial charge in [-0.25, -0.2) is 8.42 Å². The van der Waals surface area contributed by atoms with Gasteiger partial charge >= 0.3 is 0 Å². The predicted molar refractivity (Wildman–Crippen MR) is 84.1 cm³/mol. The summed E-state index contributed by atoms with van der Waals surface area (Å²) < 4.78 is 23.3. The molecular formula is C12H21N3O2S3. The van der Waals surface area contributed by atoms with Gasteiger partial charge < -0.3 is 0 Å². The molecule has 1 fully saturated rings. The van der Waals surface area contributed by atoms with Gasteiger partial charge in [0, 0.05) is 29.8 Å². The lowest BCUT2D eigenvalue weighted by Crippen LogP contribution is -2.45. The SMILES string of the molecule is CCC1(CC)CN(Cc2nnc(S(C)(=O)=O)s2)CCS1. The molecule has 0 atom stereocenters. The van der Waals surface area contributed by atoms with Crippen LogP contribution < -0.4 is 0 Å². The fraction of sp³-hybridized carbons (Fsp3) is 0.833. The minimum Gasteiger partial charge on any atom is -0.294 e. The maximum atomic E-state index is 11.4.